The van der Waals surface area contributed by atoms with Gasteiger partial charge in [-0.25, -0.2) is 9.97 Å². The highest BCUT2D eigenvalue weighted by Crippen LogP contribution is 2.41. The summed E-state index contributed by atoms with van der Waals surface area (Å²) in [6, 6.07) is 15.3. The standard InChI is InChI=1S/C28H32N4OS/c1-18-10-11-23-24(16-18)34-28-26(23)27(30-25(31-28)17-32-12-14-33-15-13-32)29-19(2)21-9-5-7-20-6-3-4-8-22(20)21/h3-9,18-19H,10-17H2,1-2H3,(H,29,30,31). The van der Waals surface area contributed by atoms with E-state index in [0.29, 0.717) is 0 Å². The van der Waals surface area contributed by atoms with Crippen LogP contribution in [0.3, 0.4) is 0 Å². The molecule has 1 aliphatic heterocycles. The van der Waals surface area contributed by atoms with E-state index in [-0.39, 0.29) is 6.04 Å². The quantitative estimate of drug-likeness (QED) is 0.388. The zero-order valence-electron chi connectivity index (χ0n) is 20.0. The number of hydrogen-bond acceptors (Lipinski definition) is 6. The number of morpholine rings is 1. The van der Waals surface area contributed by atoms with Gasteiger partial charge in [-0.1, -0.05) is 49.4 Å². The topological polar surface area (TPSA) is 50.3 Å². The Morgan fingerprint density at radius 1 is 1.12 bits per heavy atom. The fourth-order valence-electron chi connectivity index (χ4n) is 5.43. The summed E-state index contributed by atoms with van der Waals surface area (Å²) in [4.78, 5) is 15.3. The first-order valence-corrected chi connectivity index (χ1v) is 13.3. The highest BCUT2D eigenvalue weighted by molar-refractivity contribution is 7.19. The van der Waals surface area contributed by atoms with Crippen LogP contribution in [0.4, 0.5) is 5.82 Å². The molecule has 2 unspecified atom stereocenters. The molecule has 6 rings (SSSR count). The summed E-state index contributed by atoms with van der Waals surface area (Å²) >= 11 is 1.88. The summed E-state index contributed by atoms with van der Waals surface area (Å²) in [6.45, 7) is 8.84. The van der Waals surface area contributed by atoms with Crippen LogP contribution in [0.5, 0.6) is 0 Å². The number of nitrogens with zero attached hydrogens (tertiary/aromatic N) is 3. The number of benzene rings is 2. The Bertz CT molecular complexity index is 1320. The molecule has 0 bridgehead atoms. The first-order valence-electron chi connectivity index (χ1n) is 12.5. The van der Waals surface area contributed by atoms with Crippen LogP contribution in [0.25, 0.3) is 21.0 Å². The predicted molar refractivity (Wildman–Crippen MR) is 141 cm³/mol. The Morgan fingerprint density at radius 3 is 2.82 bits per heavy atom. The monoisotopic (exact) mass is 472 g/mol. The van der Waals surface area contributed by atoms with Crippen LogP contribution in [0.1, 0.15) is 48.1 Å². The summed E-state index contributed by atoms with van der Waals surface area (Å²) < 4.78 is 5.54. The Balaban J connectivity index is 1.41. The fraction of sp³-hybridized carbons (Fsp3) is 0.429. The molecule has 2 aliphatic rings. The smallest absolute Gasteiger partial charge is 0.146 e. The molecule has 1 aliphatic carbocycles. The number of anilines is 1. The van der Waals surface area contributed by atoms with Crippen LogP contribution in [-0.2, 0) is 24.1 Å². The first kappa shape index (κ1) is 22.0. The van der Waals surface area contributed by atoms with Crippen molar-refractivity contribution >= 4 is 38.1 Å². The lowest BCUT2D eigenvalue weighted by Gasteiger charge is -2.26. The maximum absolute atomic E-state index is 5.54. The summed E-state index contributed by atoms with van der Waals surface area (Å²) in [7, 11) is 0. The number of aryl methyl sites for hydroxylation is 1. The van der Waals surface area contributed by atoms with Crippen LogP contribution < -0.4 is 5.32 Å². The Kier molecular flexibility index (Phi) is 5.97. The van der Waals surface area contributed by atoms with Gasteiger partial charge in [-0.05, 0) is 54.0 Å². The van der Waals surface area contributed by atoms with Crippen molar-refractivity contribution in [2.45, 2.75) is 45.7 Å². The average molecular weight is 473 g/mol. The van der Waals surface area contributed by atoms with Crippen molar-refractivity contribution in [3.63, 3.8) is 0 Å². The minimum absolute atomic E-state index is 0.138. The number of aromatic nitrogens is 2. The van der Waals surface area contributed by atoms with E-state index in [4.69, 9.17) is 14.7 Å². The van der Waals surface area contributed by atoms with Gasteiger partial charge in [0.2, 0.25) is 0 Å². The van der Waals surface area contributed by atoms with Crippen molar-refractivity contribution in [2.24, 2.45) is 5.92 Å². The number of rotatable bonds is 5. The molecule has 3 heterocycles. The van der Waals surface area contributed by atoms with Crippen LogP contribution in [-0.4, -0.2) is 41.2 Å². The van der Waals surface area contributed by atoms with Gasteiger partial charge < -0.3 is 10.1 Å². The van der Waals surface area contributed by atoms with E-state index in [1.807, 2.05) is 11.3 Å². The summed E-state index contributed by atoms with van der Waals surface area (Å²) in [5.41, 5.74) is 2.78. The van der Waals surface area contributed by atoms with Gasteiger partial charge in [0.1, 0.15) is 16.5 Å². The van der Waals surface area contributed by atoms with E-state index in [9.17, 15) is 0 Å². The second-order valence-electron chi connectivity index (χ2n) is 9.84. The van der Waals surface area contributed by atoms with E-state index < -0.39 is 0 Å². The minimum Gasteiger partial charge on any atom is -0.379 e. The molecule has 6 heteroatoms. The van der Waals surface area contributed by atoms with Crippen LogP contribution in [0.15, 0.2) is 42.5 Å². The first-order chi connectivity index (χ1) is 16.7. The summed E-state index contributed by atoms with van der Waals surface area (Å²) in [6.07, 6.45) is 3.53. The van der Waals surface area contributed by atoms with Gasteiger partial charge in [0.15, 0.2) is 0 Å². The van der Waals surface area contributed by atoms with Gasteiger partial charge in [-0.3, -0.25) is 4.90 Å². The molecule has 0 radical (unpaired) electrons. The van der Waals surface area contributed by atoms with Gasteiger partial charge in [0.25, 0.3) is 0 Å². The van der Waals surface area contributed by atoms with Gasteiger partial charge >= 0.3 is 0 Å². The van der Waals surface area contributed by atoms with E-state index >= 15 is 0 Å². The third-order valence-corrected chi connectivity index (χ3v) is 8.46. The Labute approximate surface area is 205 Å². The van der Waals surface area contributed by atoms with Crippen LogP contribution in [0, 0.1) is 5.92 Å². The molecule has 1 fully saturated rings. The minimum atomic E-state index is 0.138. The van der Waals surface area contributed by atoms with Crippen molar-refractivity contribution in [1.29, 1.82) is 0 Å². The summed E-state index contributed by atoms with van der Waals surface area (Å²) in [5.74, 6) is 2.65. The van der Waals surface area contributed by atoms with Crippen molar-refractivity contribution < 1.29 is 4.74 Å². The zero-order chi connectivity index (χ0) is 23.1. The number of thiophene rings is 1. The van der Waals surface area contributed by atoms with Gasteiger partial charge in [0, 0.05) is 18.0 Å². The van der Waals surface area contributed by atoms with Crippen molar-refractivity contribution in [2.75, 3.05) is 31.6 Å². The molecule has 0 spiro atoms. The lowest BCUT2D eigenvalue weighted by atomic mass is 9.89. The van der Waals surface area contributed by atoms with Gasteiger partial charge in [0.05, 0.1) is 31.2 Å². The van der Waals surface area contributed by atoms with Gasteiger partial charge in [-0.2, -0.15) is 0 Å². The SMILES string of the molecule is CC1CCc2c(sc3nc(CN4CCOCC4)nc(NC(C)c4cccc5ccccc45)c23)C1. The average Bonchev–Trinajstić information content (AvgIpc) is 3.21. The van der Waals surface area contributed by atoms with Crippen molar-refractivity contribution in [3.8, 4) is 0 Å². The molecule has 2 aromatic carbocycles. The molecular formula is C28H32N4OS. The molecule has 4 aromatic rings. The fourth-order valence-corrected chi connectivity index (χ4v) is 6.83. The maximum Gasteiger partial charge on any atom is 0.146 e. The molecule has 1 N–H and O–H groups in total. The Morgan fingerprint density at radius 2 is 1.94 bits per heavy atom. The van der Waals surface area contributed by atoms with Crippen molar-refractivity contribution in [1.82, 2.24) is 14.9 Å². The molecule has 5 nitrogen and oxygen atoms in total. The predicted octanol–water partition coefficient (Wildman–Crippen LogP) is 5.97. The number of ether oxygens (including phenoxy) is 1. The van der Waals surface area contributed by atoms with Gasteiger partial charge in [-0.15, -0.1) is 11.3 Å². The highest BCUT2D eigenvalue weighted by atomic mass is 32.1. The molecule has 2 aromatic heterocycles. The third kappa shape index (κ3) is 4.19. The zero-order valence-corrected chi connectivity index (χ0v) is 20.8. The lowest BCUT2D eigenvalue weighted by Crippen LogP contribution is -2.36. The molecule has 0 amide bonds. The number of fused-ring (bicyclic) bond motifs is 4. The molecular weight excluding hydrogens is 440 g/mol. The lowest BCUT2D eigenvalue weighted by molar-refractivity contribution is 0.0331. The second-order valence-corrected chi connectivity index (χ2v) is 10.9. The largest absolute Gasteiger partial charge is 0.379 e. The van der Waals surface area contributed by atoms with E-state index in [2.05, 4.69) is 66.5 Å². The number of hydrogen-bond donors (Lipinski definition) is 1. The molecule has 2 atom stereocenters. The van der Waals surface area contributed by atoms with Crippen LogP contribution >= 0.6 is 11.3 Å². The van der Waals surface area contributed by atoms with Crippen molar-refractivity contribution in [3.05, 3.63) is 64.3 Å². The van der Waals surface area contributed by atoms with Crippen LogP contribution in [0.2, 0.25) is 0 Å². The molecule has 1 saturated heterocycles. The highest BCUT2D eigenvalue weighted by Gasteiger charge is 2.25. The second kappa shape index (κ2) is 9.25. The normalized spacial score (nSPS) is 19.9. The maximum atomic E-state index is 5.54. The molecule has 0 saturated carbocycles. The number of nitrogens with one attached hydrogen (secondary N) is 1. The van der Waals surface area contributed by atoms with E-state index in [1.165, 1.54) is 38.6 Å². The van der Waals surface area contributed by atoms with E-state index in [0.717, 1.165) is 68.1 Å². The summed E-state index contributed by atoms with van der Waals surface area (Å²) in [5, 5.41) is 7.66. The molecule has 176 valence electrons. The Hall–Kier alpha value is -2.54. The third-order valence-electron chi connectivity index (χ3n) is 7.31. The van der Waals surface area contributed by atoms with E-state index in [1.54, 1.807) is 0 Å². The molecule has 34 heavy (non-hydrogen) atoms.